The Kier molecular flexibility index (Phi) is 4.76. The summed E-state index contributed by atoms with van der Waals surface area (Å²) in [6, 6.07) is 6.97. The van der Waals surface area contributed by atoms with E-state index in [0.717, 1.165) is 5.56 Å². The predicted molar refractivity (Wildman–Crippen MR) is 65.0 cm³/mol. The van der Waals surface area contributed by atoms with Gasteiger partial charge in [0.25, 0.3) is 0 Å². The number of ether oxygens (including phenoxy) is 2. The first kappa shape index (κ1) is 13.6. The number of carbonyl (C=O) groups excluding carboxylic acids is 2. The van der Waals surface area contributed by atoms with E-state index in [1.807, 2.05) is 5.92 Å². The molecule has 0 fully saturated rings. The number of hydrogen-bond donors (Lipinski definition) is 1. The SMILES string of the molecule is C#CC(=O)[C@H](Cc1ccc(OC)cc1)OC(N)=O. The average molecular weight is 247 g/mol. The zero-order chi connectivity index (χ0) is 13.5. The van der Waals surface area contributed by atoms with Crippen molar-refractivity contribution in [3.63, 3.8) is 0 Å². The molecule has 5 heteroatoms. The number of nitrogens with two attached hydrogens (primary N) is 1. The van der Waals surface area contributed by atoms with Crippen LogP contribution in [0.2, 0.25) is 0 Å². The highest BCUT2D eigenvalue weighted by Crippen LogP contribution is 2.14. The van der Waals surface area contributed by atoms with Crippen LogP contribution in [0, 0.1) is 12.3 Å². The maximum absolute atomic E-state index is 11.4. The Labute approximate surface area is 105 Å². The molecular formula is C13H13NO4. The molecule has 0 heterocycles. The van der Waals surface area contributed by atoms with Crippen LogP contribution >= 0.6 is 0 Å². The fraction of sp³-hybridized carbons (Fsp3) is 0.231. The highest BCUT2D eigenvalue weighted by Gasteiger charge is 2.20. The van der Waals surface area contributed by atoms with Gasteiger partial charge in [-0.3, -0.25) is 4.79 Å². The van der Waals surface area contributed by atoms with E-state index in [2.05, 4.69) is 4.74 Å². The fourth-order valence-electron chi connectivity index (χ4n) is 1.40. The van der Waals surface area contributed by atoms with Crippen molar-refractivity contribution in [1.82, 2.24) is 0 Å². The molecule has 1 amide bonds. The van der Waals surface area contributed by atoms with Crippen LogP contribution in [0.15, 0.2) is 24.3 Å². The fourth-order valence-corrected chi connectivity index (χ4v) is 1.40. The molecule has 0 aliphatic rings. The topological polar surface area (TPSA) is 78.6 Å². The minimum atomic E-state index is -1.05. The number of benzene rings is 1. The summed E-state index contributed by atoms with van der Waals surface area (Å²) in [4.78, 5) is 22.1. The zero-order valence-corrected chi connectivity index (χ0v) is 9.88. The van der Waals surface area contributed by atoms with E-state index in [1.54, 1.807) is 31.4 Å². The maximum atomic E-state index is 11.4. The standard InChI is InChI=1S/C13H13NO4/c1-3-11(15)12(18-13(14)16)8-9-4-6-10(17-2)7-5-9/h1,4-7,12H,8H2,2H3,(H2,14,16)/t12-/m0/s1. The Morgan fingerprint density at radius 3 is 2.44 bits per heavy atom. The van der Waals surface area contributed by atoms with Crippen molar-refractivity contribution in [2.45, 2.75) is 12.5 Å². The molecule has 0 radical (unpaired) electrons. The molecule has 0 spiro atoms. The van der Waals surface area contributed by atoms with Gasteiger partial charge in [-0.1, -0.05) is 12.1 Å². The number of hydrogen-bond acceptors (Lipinski definition) is 4. The van der Waals surface area contributed by atoms with Crippen molar-refractivity contribution < 1.29 is 19.1 Å². The maximum Gasteiger partial charge on any atom is 0.405 e. The Bertz CT molecular complexity index is 473. The van der Waals surface area contributed by atoms with Gasteiger partial charge >= 0.3 is 6.09 Å². The number of rotatable bonds is 5. The summed E-state index contributed by atoms with van der Waals surface area (Å²) in [5.74, 6) is 1.99. The van der Waals surface area contributed by atoms with Crippen molar-refractivity contribution in [2.75, 3.05) is 7.11 Å². The van der Waals surface area contributed by atoms with Crippen LogP contribution in [0.5, 0.6) is 5.75 Å². The van der Waals surface area contributed by atoms with Gasteiger partial charge < -0.3 is 15.2 Å². The lowest BCUT2D eigenvalue weighted by Crippen LogP contribution is -2.31. The van der Waals surface area contributed by atoms with E-state index in [-0.39, 0.29) is 6.42 Å². The zero-order valence-electron chi connectivity index (χ0n) is 9.88. The molecule has 18 heavy (non-hydrogen) atoms. The summed E-state index contributed by atoms with van der Waals surface area (Å²) in [6.07, 6.45) is 3.09. The van der Waals surface area contributed by atoms with E-state index >= 15 is 0 Å². The lowest BCUT2D eigenvalue weighted by Gasteiger charge is -2.13. The monoisotopic (exact) mass is 247 g/mol. The van der Waals surface area contributed by atoms with E-state index in [9.17, 15) is 9.59 Å². The van der Waals surface area contributed by atoms with Crippen LogP contribution in [0.1, 0.15) is 5.56 Å². The van der Waals surface area contributed by atoms with E-state index < -0.39 is 18.0 Å². The largest absolute Gasteiger partial charge is 0.497 e. The Morgan fingerprint density at radius 1 is 1.39 bits per heavy atom. The van der Waals surface area contributed by atoms with Crippen molar-refractivity contribution in [1.29, 1.82) is 0 Å². The summed E-state index contributed by atoms with van der Waals surface area (Å²) in [7, 11) is 1.55. The molecule has 0 unspecified atom stereocenters. The smallest absolute Gasteiger partial charge is 0.405 e. The second kappa shape index (κ2) is 6.30. The Balaban J connectivity index is 2.79. The summed E-state index contributed by atoms with van der Waals surface area (Å²) in [5, 5.41) is 0. The van der Waals surface area contributed by atoms with Crippen molar-refractivity contribution in [3.05, 3.63) is 29.8 Å². The minimum Gasteiger partial charge on any atom is -0.497 e. The molecule has 0 saturated carbocycles. The molecule has 0 aliphatic carbocycles. The van der Waals surface area contributed by atoms with Crippen LogP contribution in [0.3, 0.4) is 0 Å². The quantitative estimate of drug-likeness (QED) is 0.619. The van der Waals surface area contributed by atoms with Gasteiger partial charge in [0.1, 0.15) is 5.75 Å². The minimum absolute atomic E-state index is 0.177. The third-order valence-electron chi connectivity index (χ3n) is 2.27. The van der Waals surface area contributed by atoms with E-state index in [0.29, 0.717) is 5.75 Å². The van der Waals surface area contributed by atoms with Crippen LogP contribution in [-0.2, 0) is 16.0 Å². The summed E-state index contributed by atoms with van der Waals surface area (Å²) in [5.41, 5.74) is 5.67. The third-order valence-corrected chi connectivity index (χ3v) is 2.27. The first-order chi connectivity index (χ1) is 8.56. The number of primary amides is 1. The molecule has 1 aromatic rings. The summed E-state index contributed by atoms with van der Waals surface area (Å²) in [6.45, 7) is 0. The molecule has 0 bridgehead atoms. The highest BCUT2D eigenvalue weighted by atomic mass is 16.6. The lowest BCUT2D eigenvalue weighted by atomic mass is 10.0. The average Bonchev–Trinajstić information content (AvgIpc) is 2.37. The van der Waals surface area contributed by atoms with Crippen molar-refractivity contribution in [3.8, 4) is 18.1 Å². The third kappa shape index (κ3) is 3.83. The van der Waals surface area contributed by atoms with Gasteiger partial charge in [-0.25, -0.2) is 4.79 Å². The van der Waals surface area contributed by atoms with E-state index in [1.165, 1.54) is 0 Å². The van der Waals surface area contributed by atoms with Gasteiger partial charge in [0.15, 0.2) is 6.10 Å². The van der Waals surface area contributed by atoms with Crippen molar-refractivity contribution >= 4 is 11.9 Å². The molecule has 94 valence electrons. The second-order valence-corrected chi connectivity index (χ2v) is 3.49. The Hall–Kier alpha value is -2.48. The summed E-state index contributed by atoms with van der Waals surface area (Å²) >= 11 is 0. The number of amides is 1. The van der Waals surface area contributed by atoms with Gasteiger partial charge in [-0.15, -0.1) is 6.42 Å². The second-order valence-electron chi connectivity index (χ2n) is 3.49. The van der Waals surface area contributed by atoms with Crippen LogP contribution in [-0.4, -0.2) is 25.1 Å². The summed E-state index contributed by atoms with van der Waals surface area (Å²) < 4.78 is 9.68. The van der Waals surface area contributed by atoms with Gasteiger partial charge in [0.05, 0.1) is 7.11 Å². The van der Waals surface area contributed by atoms with E-state index in [4.69, 9.17) is 16.9 Å². The van der Waals surface area contributed by atoms with Crippen LogP contribution in [0.25, 0.3) is 0 Å². The Morgan fingerprint density at radius 2 is 2.00 bits per heavy atom. The molecular weight excluding hydrogens is 234 g/mol. The molecule has 2 N–H and O–H groups in total. The molecule has 0 aliphatic heterocycles. The molecule has 1 rings (SSSR count). The van der Waals surface area contributed by atoms with Crippen molar-refractivity contribution in [2.24, 2.45) is 5.73 Å². The molecule has 5 nitrogen and oxygen atoms in total. The van der Waals surface area contributed by atoms with Gasteiger partial charge in [-0.2, -0.15) is 0 Å². The number of Topliss-reactive ketones (excluding diaryl/α,β-unsaturated/α-hetero) is 1. The molecule has 1 atom stereocenters. The first-order valence-corrected chi connectivity index (χ1v) is 5.16. The number of terminal acetylenes is 1. The van der Waals surface area contributed by atoms with Gasteiger partial charge in [-0.05, 0) is 23.6 Å². The van der Waals surface area contributed by atoms with Crippen LogP contribution in [0.4, 0.5) is 4.79 Å². The number of methoxy groups -OCH3 is 1. The number of ketones is 1. The number of carbonyl (C=O) groups is 2. The molecule has 0 saturated heterocycles. The lowest BCUT2D eigenvalue weighted by molar-refractivity contribution is -0.121. The highest BCUT2D eigenvalue weighted by molar-refractivity contribution is 5.99. The normalized spacial score (nSPS) is 11.1. The molecule has 0 aromatic heterocycles. The predicted octanol–water partition coefficient (Wildman–Crippen LogP) is 0.904. The molecule has 1 aromatic carbocycles. The van der Waals surface area contributed by atoms with Crippen LogP contribution < -0.4 is 10.5 Å². The first-order valence-electron chi connectivity index (χ1n) is 5.16. The van der Waals surface area contributed by atoms with Gasteiger partial charge in [0.2, 0.25) is 5.78 Å². The van der Waals surface area contributed by atoms with Gasteiger partial charge in [0, 0.05) is 6.42 Å².